The zero-order valence-electron chi connectivity index (χ0n) is 13.2. The third-order valence-electron chi connectivity index (χ3n) is 4.09. The van der Waals surface area contributed by atoms with Crippen LogP contribution in [0.3, 0.4) is 0 Å². The van der Waals surface area contributed by atoms with E-state index < -0.39 is 29.9 Å². The summed E-state index contributed by atoms with van der Waals surface area (Å²) in [5.74, 6) is 0. The molecule has 8 heteroatoms. The van der Waals surface area contributed by atoms with E-state index in [-0.39, 0.29) is 17.7 Å². The molecule has 0 saturated heterocycles. The summed E-state index contributed by atoms with van der Waals surface area (Å²) in [6, 6.07) is 12.2. The van der Waals surface area contributed by atoms with Gasteiger partial charge in [0.25, 0.3) is 0 Å². The topological polar surface area (TPSA) is 21.6 Å². The standard InChI is InChI=1S/C18H13F6NO/c19-17(20,21)11-16(13-7-4-8-14(9-13)18(22,23)24)10-15(25-26-16)12-5-2-1-3-6-12/h1-9H,10-11H2/t16-/m0/s1. The van der Waals surface area contributed by atoms with Crippen LogP contribution in [0.25, 0.3) is 0 Å². The highest BCUT2D eigenvalue weighted by Crippen LogP contribution is 2.45. The maximum atomic E-state index is 13.1. The Morgan fingerprint density at radius 1 is 0.923 bits per heavy atom. The third-order valence-corrected chi connectivity index (χ3v) is 4.09. The maximum absolute atomic E-state index is 13.1. The highest BCUT2D eigenvalue weighted by Gasteiger charge is 2.50. The van der Waals surface area contributed by atoms with Crippen molar-refractivity contribution >= 4 is 5.71 Å². The van der Waals surface area contributed by atoms with Gasteiger partial charge in [-0.15, -0.1) is 0 Å². The number of benzene rings is 2. The minimum Gasteiger partial charge on any atom is -0.383 e. The number of oxime groups is 1. The van der Waals surface area contributed by atoms with Crippen LogP contribution in [-0.2, 0) is 16.6 Å². The number of rotatable bonds is 3. The Balaban J connectivity index is 2.00. The first-order chi connectivity index (χ1) is 12.1. The molecule has 0 N–H and O–H groups in total. The van der Waals surface area contributed by atoms with Gasteiger partial charge >= 0.3 is 12.4 Å². The molecule has 0 bridgehead atoms. The first-order valence-corrected chi connectivity index (χ1v) is 7.64. The van der Waals surface area contributed by atoms with Gasteiger partial charge in [-0.25, -0.2) is 0 Å². The monoisotopic (exact) mass is 373 g/mol. The van der Waals surface area contributed by atoms with Crippen molar-refractivity contribution in [2.75, 3.05) is 0 Å². The molecule has 1 atom stereocenters. The molecule has 2 nitrogen and oxygen atoms in total. The molecule has 3 rings (SSSR count). The van der Waals surface area contributed by atoms with E-state index >= 15 is 0 Å². The van der Waals surface area contributed by atoms with Crippen molar-refractivity contribution in [2.45, 2.75) is 30.8 Å². The van der Waals surface area contributed by atoms with Crippen molar-refractivity contribution in [1.29, 1.82) is 0 Å². The lowest BCUT2D eigenvalue weighted by molar-refractivity contribution is -0.186. The second-order valence-electron chi connectivity index (χ2n) is 6.04. The minimum absolute atomic E-state index is 0.209. The van der Waals surface area contributed by atoms with Crippen LogP contribution in [-0.4, -0.2) is 11.9 Å². The summed E-state index contributed by atoms with van der Waals surface area (Å²) in [7, 11) is 0. The summed E-state index contributed by atoms with van der Waals surface area (Å²) in [6.07, 6.45) is -11.0. The van der Waals surface area contributed by atoms with Crippen molar-refractivity contribution in [3.63, 3.8) is 0 Å². The molecule has 2 aromatic rings. The zero-order chi connectivity index (χ0) is 19.0. The quantitative estimate of drug-likeness (QED) is 0.635. The van der Waals surface area contributed by atoms with Crippen molar-refractivity contribution in [1.82, 2.24) is 0 Å². The van der Waals surface area contributed by atoms with E-state index in [0.29, 0.717) is 11.6 Å². The third kappa shape index (κ3) is 3.84. The molecule has 0 saturated carbocycles. The van der Waals surface area contributed by atoms with Crippen molar-refractivity contribution in [2.24, 2.45) is 5.16 Å². The smallest absolute Gasteiger partial charge is 0.383 e. The van der Waals surface area contributed by atoms with Gasteiger partial charge in [0.05, 0.1) is 17.7 Å². The summed E-state index contributed by atoms with van der Waals surface area (Å²) in [5, 5.41) is 3.75. The van der Waals surface area contributed by atoms with Crippen LogP contribution in [0, 0.1) is 0 Å². The van der Waals surface area contributed by atoms with Gasteiger partial charge in [0.2, 0.25) is 0 Å². The SMILES string of the molecule is FC(F)(F)C[C@]1(c2cccc(C(F)(F)F)c2)CC(c2ccccc2)=NO1. The predicted molar refractivity (Wildman–Crippen MR) is 82.5 cm³/mol. The van der Waals surface area contributed by atoms with E-state index in [1.54, 1.807) is 30.3 Å². The van der Waals surface area contributed by atoms with Gasteiger partial charge in [-0.2, -0.15) is 26.3 Å². The first-order valence-electron chi connectivity index (χ1n) is 7.64. The molecule has 0 aromatic heterocycles. The second-order valence-corrected chi connectivity index (χ2v) is 6.04. The lowest BCUT2D eigenvalue weighted by atomic mass is 9.83. The number of halogens is 6. The lowest BCUT2D eigenvalue weighted by Crippen LogP contribution is -2.33. The normalized spacial score (nSPS) is 20.6. The van der Waals surface area contributed by atoms with E-state index in [0.717, 1.165) is 12.1 Å². The molecule has 0 amide bonds. The summed E-state index contributed by atoms with van der Waals surface area (Å²) in [5.41, 5.74) is -2.45. The highest BCUT2D eigenvalue weighted by atomic mass is 19.4. The number of hydrogen-bond donors (Lipinski definition) is 0. The Morgan fingerprint density at radius 2 is 1.62 bits per heavy atom. The summed E-state index contributed by atoms with van der Waals surface area (Å²) < 4.78 is 78.3. The van der Waals surface area contributed by atoms with Gasteiger partial charge in [0.1, 0.15) is 0 Å². The second kappa shape index (κ2) is 6.34. The van der Waals surface area contributed by atoms with Crippen LogP contribution in [0.5, 0.6) is 0 Å². The Bertz CT molecular complexity index is 812. The Hall–Kier alpha value is -2.51. The molecule has 0 aliphatic carbocycles. The molecular formula is C18H13F6NO. The van der Waals surface area contributed by atoms with Crippen molar-refractivity contribution in [3.05, 3.63) is 71.3 Å². The van der Waals surface area contributed by atoms with Gasteiger partial charge in [-0.3, -0.25) is 0 Å². The largest absolute Gasteiger partial charge is 0.416 e. The van der Waals surface area contributed by atoms with E-state index in [1.165, 1.54) is 6.07 Å². The molecule has 1 heterocycles. The predicted octanol–water partition coefficient (Wildman–Crippen LogP) is 5.68. The fourth-order valence-corrected chi connectivity index (χ4v) is 2.92. The molecule has 0 radical (unpaired) electrons. The fourth-order valence-electron chi connectivity index (χ4n) is 2.92. The van der Waals surface area contributed by atoms with Gasteiger partial charge in [0, 0.05) is 6.42 Å². The molecule has 0 spiro atoms. The minimum atomic E-state index is -4.67. The van der Waals surface area contributed by atoms with Crippen LogP contribution in [0.4, 0.5) is 26.3 Å². The van der Waals surface area contributed by atoms with E-state index in [1.807, 2.05) is 0 Å². The molecule has 26 heavy (non-hydrogen) atoms. The fraction of sp³-hybridized carbons (Fsp3) is 0.278. The van der Waals surface area contributed by atoms with E-state index in [4.69, 9.17) is 4.84 Å². The summed E-state index contributed by atoms with van der Waals surface area (Å²) in [4.78, 5) is 5.14. The van der Waals surface area contributed by atoms with Crippen molar-refractivity contribution in [3.8, 4) is 0 Å². The molecule has 138 valence electrons. The van der Waals surface area contributed by atoms with Gasteiger partial charge in [-0.1, -0.05) is 47.6 Å². The molecule has 2 aromatic carbocycles. The van der Waals surface area contributed by atoms with Crippen LogP contribution in [0.1, 0.15) is 29.5 Å². The van der Waals surface area contributed by atoms with Crippen LogP contribution in [0.15, 0.2) is 59.8 Å². The number of nitrogens with zero attached hydrogens (tertiary/aromatic N) is 1. The Kier molecular flexibility index (Phi) is 4.46. The van der Waals surface area contributed by atoms with Gasteiger partial charge in [0.15, 0.2) is 5.60 Å². The summed E-state index contributed by atoms with van der Waals surface area (Å²) in [6.45, 7) is 0. The van der Waals surface area contributed by atoms with Gasteiger partial charge < -0.3 is 4.84 Å². The van der Waals surface area contributed by atoms with Crippen LogP contribution < -0.4 is 0 Å². The molecular weight excluding hydrogens is 360 g/mol. The molecule has 0 unspecified atom stereocenters. The average Bonchev–Trinajstić information content (AvgIpc) is 2.98. The Labute approximate surface area is 145 Å². The summed E-state index contributed by atoms with van der Waals surface area (Å²) >= 11 is 0. The van der Waals surface area contributed by atoms with E-state index in [9.17, 15) is 26.3 Å². The van der Waals surface area contributed by atoms with Crippen molar-refractivity contribution < 1.29 is 31.2 Å². The number of alkyl halides is 6. The van der Waals surface area contributed by atoms with Gasteiger partial charge in [-0.05, 0) is 23.3 Å². The van der Waals surface area contributed by atoms with Crippen LogP contribution >= 0.6 is 0 Å². The average molecular weight is 373 g/mol. The van der Waals surface area contributed by atoms with E-state index in [2.05, 4.69) is 5.16 Å². The van der Waals surface area contributed by atoms with Crippen LogP contribution in [0.2, 0.25) is 0 Å². The maximum Gasteiger partial charge on any atom is 0.416 e. The zero-order valence-corrected chi connectivity index (χ0v) is 13.2. The number of hydrogen-bond acceptors (Lipinski definition) is 2. The molecule has 1 aliphatic heterocycles. The first kappa shape index (κ1) is 18.3. The highest BCUT2D eigenvalue weighted by molar-refractivity contribution is 6.01. The lowest BCUT2D eigenvalue weighted by Gasteiger charge is -2.28. The molecule has 1 aliphatic rings. The Morgan fingerprint density at radius 3 is 2.23 bits per heavy atom. The molecule has 0 fully saturated rings.